The van der Waals surface area contributed by atoms with E-state index in [1.54, 1.807) is 10.9 Å². The zero-order valence-corrected chi connectivity index (χ0v) is 17.3. The highest BCUT2D eigenvalue weighted by molar-refractivity contribution is 6.44. The van der Waals surface area contributed by atoms with Crippen molar-refractivity contribution in [2.45, 2.75) is 12.8 Å². The van der Waals surface area contributed by atoms with Gasteiger partial charge >= 0.3 is 5.97 Å². The average molecular weight is 453 g/mol. The normalized spacial score (nSPS) is 10.6. The summed E-state index contributed by atoms with van der Waals surface area (Å²) in [5, 5.41) is 7.55. The number of aromatic nitrogens is 2. The van der Waals surface area contributed by atoms with E-state index in [9.17, 15) is 9.59 Å². The van der Waals surface area contributed by atoms with Crippen molar-refractivity contribution in [3.05, 3.63) is 75.5 Å². The maximum Gasteiger partial charge on any atom is 0.306 e. The number of esters is 1. The summed E-state index contributed by atoms with van der Waals surface area (Å²) in [5.41, 5.74) is 2.10. The molecule has 9 heteroatoms. The molecule has 0 bridgehead atoms. The number of halogens is 3. The number of amides is 1. The first kappa shape index (κ1) is 21.2. The minimum Gasteiger partial charge on any atom is -0.456 e. The lowest BCUT2D eigenvalue weighted by molar-refractivity contribution is -0.147. The number of para-hydroxylation sites is 1. The second-order valence-electron chi connectivity index (χ2n) is 6.08. The monoisotopic (exact) mass is 451 g/mol. The summed E-state index contributed by atoms with van der Waals surface area (Å²) in [6, 6.07) is 12.5. The highest BCUT2D eigenvalue weighted by atomic mass is 35.5. The Morgan fingerprint density at radius 2 is 1.76 bits per heavy atom. The molecule has 0 aliphatic carbocycles. The number of nitrogens with zero attached hydrogens (tertiary/aromatic N) is 2. The van der Waals surface area contributed by atoms with Crippen LogP contribution in [0.2, 0.25) is 15.1 Å². The molecule has 6 nitrogen and oxygen atoms in total. The Hall–Kier alpha value is -2.54. The van der Waals surface area contributed by atoms with Crippen LogP contribution in [0.4, 0.5) is 5.69 Å². The predicted molar refractivity (Wildman–Crippen MR) is 113 cm³/mol. The molecular weight excluding hydrogens is 437 g/mol. The van der Waals surface area contributed by atoms with Crippen LogP contribution in [-0.4, -0.2) is 28.3 Å². The fourth-order valence-corrected chi connectivity index (χ4v) is 3.07. The Morgan fingerprint density at radius 3 is 2.52 bits per heavy atom. The van der Waals surface area contributed by atoms with Crippen molar-refractivity contribution in [1.82, 2.24) is 9.78 Å². The van der Waals surface area contributed by atoms with Crippen molar-refractivity contribution >= 4 is 52.4 Å². The van der Waals surface area contributed by atoms with Gasteiger partial charge in [-0.25, -0.2) is 4.68 Å². The van der Waals surface area contributed by atoms with Crippen LogP contribution in [0.15, 0.2) is 54.9 Å². The number of aryl methyl sites for hydroxylation is 1. The van der Waals surface area contributed by atoms with Gasteiger partial charge in [0.25, 0.3) is 5.91 Å². The third-order valence-electron chi connectivity index (χ3n) is 3.92. The number of nitrogens with one attached hydrogen (secondary N) is 1. The SMILES string of the molecule is O=C(COC(=O)CCc1cnn(-c2ccccc2)c1)Nc1cc(Cl)c(Cl)cc1Cl. The maximum absolute atomic E-state index is 12.0. The molecule has 0 atom stereocenters. The number of carbonyl (C=O) groups excluding carboxylic acids is 2. The van der Waals surface area contributed by atoms with Gasteiger partial charge in [0.15, 0.2) is 6.61 Å². The van der Waals surface area contributed by atoms with Crippen molar-refractivity contribution in [2.75, 3.05) is 11.9 Å². The summed E-state index contributed by atoms with van der Waals surface area (Å²) in [6.07, 6.45) is 4.12. The van der Waals surface area contributed by atoms with E-state index in [2.05, 4.69) is 10.4 Å². The van der Waals surface area contributed by atoms with Crippen molar-refractivity contribution in [2.24, 2.45) is 0 Å². The fourth-order valence-electron chi connectivity index (χ4n) is 2.48. The molecule has 29 heavy (non-hydrogen) atoms. The standard InChI is InChI=1S/C20H16Cl3N3O3/c21-15-8-17(23)18(9-16(15)22)25-19(27)12-29-20(28)7-6-13-10-24-26(11-13)14-4-2-1-3-5-14/h1-5,8-11H,6-7,12H2,(H,25,27). The molecule has 1 amide bonds. The van der Waals surface area contributed by atoms with E-state index >= 15 is 0 Å². The molecule has 0 aliphatic rings. The summed E-state index contributed by atoms with van der Waals surface area (Å²) in [4.78, 5) is 23.9. The number of ether oxygens (including phenoxy) is 1. The molecule has 3 rings (SSSR count). The molecule has 150 valence electrons. The van der Waals surface area contributed by atoms with Crippen LogP contribution in [0.1, 0.15) is 12.0 Å². The third-order valence-corrected chi connectivity index (χ3v) is 4.96. The van der Waals surface area contributed by atoms with E-state index in [1.807, 2.05) is 36.5 Å². The highest BCUT2D eigenvalue weighted by Gasteiger charge is 2.12. The van der Waals surface area contributed by atoms with Crippen LogP contribution >= 0.6 is 34.8 Å². The van der Waals surface area contributed by atoms with Crippen LogP contribution in [0, 0.1) is 0 Å². The second-order valence-corrected chi connectivity index (χ2v) is 7.31. The van der Waals surface area contributed by atoms with Gasteiger partial charge in [0.2, 0.25) is 0 Å². The third kappa shape index (κ3) is 5.97. The van der Waals surface area contributed by atoms with E-state index in [0.717, 1.165) is 11.3 Å². The Labute approximate surface area is 182 Å². The minimum absolute atomic E-state index is 0.126. The van der Waals surface area contributed by atoms with Crippen LogP contribution in [-0.2, 0) is 20.7 Å². The minimum atomic E-state index is -0.532. The van der Waals surface area contributed by atoms with Crippen LogP contribution in [0.5, 0.6) is 0 Å². The number of rotatable bonds is 7. The van der Waals surface area contributed by atoms with Gasteiger partial charge in [0.05, 0.1) is 32.6 Å². The number of hydrogen-bond donors (Lipinski definition) is 1. The summed E-state index contributed by atoms with van der Waals surface area (Å²) in [5.74, 6) is -1.02. The molecule has 1 aromatic heterocycles. The maximum atomic E-state index is 12.0. The molecular formula is C20H16Cl3N3O3. The van der Waals surface area contributed by atoms with Gasteiger partial charge in [-0.15, -0.1) is 0 Å². The number of anilines is 1. The van der Waals surface area contributed by atoms with Crippen LogP contribution in [0.3, 0.4) is 0 Å². The molecule has 0 unspecified atom stereocenters. The molecule has 2 aromatic carbocycles. The molecule has 0 spiro atoms. The molecule has 0 fully saturated rings. The quantitative estimate of drug-likeness (QED) is 0.407. The predicted octanol–water partition coefficient (Wildman–Crippen LogP) is 4.95. The first-order valence-electron chi connectivity index (χ1n) is 8.61. The zero-order chi connectivity index (χ0) is 20.8. The van der Waals surface area contributed by atoms with Gasteiger partial charge in [0.1, 0.15) is 0 Å². The number of carbonyl (C=O) groups is 2. The Balaban J connectivity index is 1.45. The Kier molecular flexibility index (Phi) is 7.14. The lowest BCUT2D eigenvalue weighted by atomic mass is 10.2. The fraction of sp³-hybridized carbons (Fsp3) is 0.150. The smallest absolute Gasteiger partial charge is 0.306 e. The number of hydrogen-bond acceptors (Lipinski definition) is 4. The zero-order valence-electron chi connectivity index (χ0n) is 15.1. The van der Waals surface area contributed by atoms with Gasteiger partial charge in [-0.3, -0.25) is 9.59 Å². The van der Waals surface area contributed by atoms with Crippen LogP contribution in [0.25, 0.3) is 5.69 Å². The molecule has 0 saturated heterocycles. The molecule has 0 aliphatic heterocycles. The van der Waals surface area contributed by atoms with E-state index in [-0.39, 0.29) is 27.2 Å². The summed E-state index contributed by atoms with van der Waals surface area (Å²) >= 11 is 17.7. The second kappa shape index (κ2) is 9.78. The van der Waals surface area contributed by atoms with Gasteiger partial charge in [-0.05, 0) is 36.2 Å². The number of benzene rings is 2. The van der Waals surface area contributed by atoms with Crippen molar-refractivity contribution in [1.29, 1.82) is 0 Å². The molecule has 0 saturated carbocycles. The van der Waals surface area contributed by atoms with Gasteiger partial charge in [0, 0.05) is 12.6 Å². The van der Waals surface area contributed by atoms with E-state index in [4.69, 9.17) is 39.5 Å². The lowest BCUT2D eigenvalue weighted by Gasteiger charge is -2.09. The highest BCUT2D eigenvalue weighted by Crippen LogP contribution is 2.32. The van der Waals surface area contributed by atoms with Crippen molar-refractivity contribution in [3.63, 3.8) is 0 Å². The van der Waals surface area contributed by atoms with E-state index in [1.165, 1.54) is 12.1 Å². The van der Waals surface area contributed by atoms with Crippen molar-refractivity contribution < 1.29 is 14.3 Å². The van der Waals surface area contributed by atoms with Gasteiger partial charge < -0.3 is 10.1 Å². The molecule has 1 N–H and O–H groups in total. The summed E-state index contributed by atoms with van der Waals surface area (Å²) in [6.45, 7) is -0.432. The average Bonchev–Trinajstić information content (AvgIpc) is 3.19. The first-order chi connectivity index (χ1) is 13.9. The summed E-state index contributed by atoms with van der Waals surface area (Å²) < 4.78 is 6.73. The lowest BCUT2D eigenvalue weighted by Crippen LogP contribution is -2.21. The van der Waals surface area contributed by atoms with E-state index in [0.29, 0.717) is 6.42 Å². The first-order valence-corrected chi connectivity index (χ1v) is 9.75. The van der Waals surface area contributed by atoms with Gasteiger partial charge in [-0.2, -0.15) is 5.10 Å². The molecule has 1 heterocycles. The van der Waals surface area contributed by atoms with E-state index < -0.39 is 18.5 Å². The molecule has 3 aromatic rings. The Bertz CT molecular complexity index is 1020. The molecule has 0 radical (unpaired) electrons. The summed E-state index contributed by atoms with van der Waals surface area (Å²) in [7, 11) is 0. The van der Waals surface area contributed by atoms with Crippen molar-refractivity contribution in [3.8, 4) is 5.69 Å². The largest absolute Gasteiger partial charge is 0.456 e. The topological polar surface area (TPSA) is 73.2 Å². The van der Waals surface area contributed by atoms with Crippen LogP contribution < -0.4 is 5.32 Å². The van der Waals surface area contributed by atoms with Gasteiger partial charge in [-0.1, -0.05) is 53.0 Å². The Morgan fingerprint density at radius 1 is 1.03 bits per heavy atom.